The van der Waals surface area contributed by atoms with Gasteiger partial charge in [-0.3, -0.25) is 14.4 Å². The molecule has 9 nitrogen and oxygen atoms in total. The van der Waals surface area contributed by atoms with Crippen molar-refractivity contribution >= 4 is 35.3 Å². The smallest absolute Gasteiger partial charge is 0.329 e. The van der Waals surface area contributed by atoms with Crippen LogP contribution in [0.4, 0.5) is 15.8 Å². The molecule has 0 bridgehead atoms. The zero-order valence-electron chi connectivity index (χ0n) is 19.7. The fraction of sp³-hybridized carbons (Fsp3) is 0.154. The van der Waals surface area contributed by atoms with Crippen molar-refractivity contribution in [3.05, 3.63) is 83.7 Å². The Kier molecular flexibility index (Phi) is 9.10. The van der Waals surface area contributed by atoms with Crippen LogP contribution < -0.4 is 25.5 Å². The van der Waals surface area contributed by atoms with Gasteiger partial charge in [-0.1, -0.05) is 25.1 Å². The van der Waals surface area contributed by atoms with Gasteiger partial charge in [0.2, 0.25) is 0 Å². The molecule has 0 saturated carbocycles. The molecule has 0 unspecified atom stereocenters. The van der Waals surface area contributed by atoms with E-state index in [1.54, 1.807) is 30.3 Å². The van der Waals surface area contributed by atoms with Gasteiger partial charge in [0.25, 0.3) is 5.91 Å². The number of para-hydroxylation sites is 1. The molecule has 0 aliphatic heterocycles. The van der Waals surface area contributed by atoms with Crippen LogP contribution in [-0.4, -0.2) is 37.7 Å². The fourth-order valence-corrected chi connectivity index (χ4v) is 3.10. The van der Waals surface area contributed by atoms with Crippen molar-refractivity contribution in [2.75, 3.05) is 24.4 Å². The summed E-state index contributed by atoms with van der Waals surface area (Å²) >= 11 is 0. The van der Waals surface area contributed by atoms with Crippen molar-refractivity contribution in [1.29, 1.82) is 0 Å². The van der Waals surface area contributed by atoms with Crippen LogP contribution in [-0.2, 0) is 20.8 Å². The molecule has 0 aliphatic carbocycles. The summed E-state index contributed by atoms with van der Waals surface area (Å²) in [7, 11) is 1.43. The topological polar surface area (TPSA) is 118 Å². The fourth-order valence-electron chi connectivity index (χ4n) is 3.10. The molecule has 0 saturated heterocycles. The molecule has 0 atom stereocenters. The van der Waals surface area contributed by atoms with E-state index in [4.69, 9.17) is 9.47 Å². The highest BCUT2D eigenvalue weighted by atomic mass is 19.1. The van der Waals surface area contributed by atoms with E-state index in [1.165, 1.54) is 37.6 Å². The lowest BCUT2D eigenvalue weighted by Crippen LogP contribution is -2.32. The first-order chi connectivity index (χ1) is 17.4. The molecule has 3 aromatic carbocycles. The monoisotopic (exact) mass is 492 g/mol. The molecule has 0 radical (unpaired) electrons. The second-order valence-corrected chi connectivity index (χ2v) is 7.42. The van der Waals surface area contributed by atoms with Crippen LogP contribution in [0.5, 0.6) is 11.5 Å². The van der Waals surface area contributed by atoms with E-state index in [-0.39, 0.29) is 6.61 Å². The quantitative estimate of drug-likeness (QED) is 0.240. The molecule has 0 heterocycles. The number of hydrogen-bond acceptors (Lipinski definition) is 6. The number of carbonyl (C=O) groups excluding carboxylic acids is 3. The number of carbonyl (C=O) groups is 3. The summed E-state index contributed by atoms with van der Waals surface area (Å²) in [6.45, 7) is 1.65. The zero-order chi connectivity index (χ0) is 25.9. The van der Waals surface area contributed by atoms with Crippen molar-refractivity contribution in [3.8, 4) is 11.5 Å². The third-order valence-corrected chi connectivity index (χ3v) is 4.91. The first-order valence-corrected chi connectivity index (χ1v) is 11.0. The predicted molar refractivity (Wildman–Crippen MR) is 134 cm³/mol. The summed E-state index contributed by atoms with van der Waals surface area (Å²) < 4.78 is 23.8. The molecule has 36 heavy (non-hydrogen) atoms. The lowest BCUT2D eigenvalue weighted by Gasteiger charge is -2.11. The standard InChI is InChI=1S/C26H25FN4O5/c1-3-18-6-4-5-7-21(18)30-25(33)26(34)31-28-15-17-8-13-22(23(14-17)35-2)36-16-24(32)29-20-11-9-19(27)10-12-20/h4-15H,3,16H2,1-2H3,(H,29,32)(H,30,33)(H,31,34)/b28-15-. The minimum Gasteiger partial charge on any atom is -0.493 e. The van der Waals surface area contributed by atoms with Gasteiger partial charge >= 0.3 is 11.8 Å². The van der Waals surface area contributed by atoms with Crippen molar-refractivity contribution in [2.45, 2.75) is 13.3 Å². The summed E-state index contributed by atoms with van der Waals surface area (Å²) in [4.78, 5) is 36.3. The Bertz CT molecular complexity index is 1260. The van der Waals surface area contributed by atoms with Gasteiger partial charge in [-0.25, -0.2) is 9.82 Å². The van der Waals surface area contributed by atoms with Crippen LogP contribution in [0.15, 0.2) is 71.8 Å². The number of hydrazone groups is 1. The van der Waals surface area contributed by atoms with E-state index >= 15 is 0 Å². The van der Waals surface area contributed by atoms with Crippen molar-refractivity contribution < 1.29 is 28.2 Å². The summed E-state index contributed by atoms with van der Waals surface area (Å²) in [5.74, 6) is -1.96. The van der Waals surface area contributed by atoms with Crippen molar-refractivity contribution in [2.24, 2.45) is 5.10 Å². The maximum Gasteiger partial charge on any atom is 0.329 e. The maximum atomic E-state index is 13.0. The highest BCUT2D eigenvalue weighted by Crippen LogP contribution is 2.27. The number of halogens is 1. The summed E-state index contributed by atoms with van der Waals surface area (Å²) in [5.41, 5.74) is 4.64. The molecule has 3 rings (SSSR count). The van der Waals surface area contributed by atoms with E-state index in [0.717, 1.165) is 5.56 Å². The Hall–Kier alpha value is -4.73. The first-order valence-electron chi connectivity index (χ1n) is 11.0. The van der Waals surface area contributed by atoms with Crippen molar-refractivity contribution in [1.82, 2.24) is 5.43 Å². The Morgan fingerprint density at radius 1 is 0.944 bits per heavy atom. The molecule has 0 fully saturated rings. The number of hydrogen-bond donors (Lipinski definition) is 3. The van der Waals surface area contributed by atoms with E-state index in [2.05, 4.69) is 21.2 Å². The zero-order valence-corrected chi connectivity index (χ0v) is 19.7. The molecule has 3 aromatic rings. The Morgan fingerprint density at radius 3 is 2.42 bits per heavy atom. The maximum absolute atomic E-state index is 13.0. The van der Waals surface area contributed by atoms with Gasteiger partial charge < -0.3 is 20.1 Å². The third-order valence-electron chi connectivity index (χ3n) is 4.91. The first kappa shape index (κ1) is 25.9. The van der Waals surface area contributed by atoms with Gasteiger partial charge in [-0.05, 0) is 66.1 Å². The number of amides is 3. The molecule has 0 spiro atoms. The normalized spacial score (nSPS) is 10.5. The largest absolute Gasteiger partial charge is 0.493 e. The van der Waals surface area contributed by atoms with Crippen LogP contribution in [0.2, 0.25) is 0 Å². The number of benzene rings is 3. The van der Waals surface area contributed by atoms with Crippen molar-refractivity contribution in [3.63, 3.8) is 0 Å². The lowest BCUT2D eigenvalue weighted by molar-refractivity contribution is -0.136. The summed E-state index contributed by atoms with van der Waals surface area (Å²) in [5, 5.41) is 8.96. The predicted octanol–water partition coefficient (Wildman–Crippen LogP) is 3.50. The molecule has 3 amide bonds. The lowest BCUT2D eigenvalue weighted by atomic mass is 10.1. The number of aryl methyl sites for hydroxylation is 1. The Morgan fingerprint density at radius 2 is 1.69 bits per heavy atom. The highest BCUT2D eigenvalue weighted by molar-refractivity contribution is 6.39. The van der Waals surface area contributed by atoms with Gasteiger partial charge in [0.1, 0.15) is 5.82 Å². The SMILES string of the molecule is CCc1ccccc1NC(=O)C(=O)N/N=C\c1ccc(OCC(=O)Nc2ccc(F)cc2)c(OC)c1. The van der Waals surface area contributed by atoms with Gasteiger partial charge in [-0.15, -0.1) is 0 Å². The minimum absolute atomic E-state index is 0.298. The number of anilines is 2. The highest BCUT2D eigenvalue weighted by Gasteiger charge is 2.14. The van der Waals surface area contributed by atoms with Crippen LogP contribution >= 0.6 is 0 Å². The minimum atomic E-state index is -0.920. The average molecular weight is 493 g/mol. The molecule has 0 aliphatic rings. The molecule has 186 valence electrons. The molecule has 10 heteroatoms. The second-order valence-electron chi connectivity index (χ2n) is 7.42. The van der Waals surface area contributed by atoms with Gasteiger partial charge in [0.15, 0.2) is 18.1 Å². The Balaban J connectivity index is 1.53. The van der Waals surface area contributed by atoms with Gasteiger partial charge in [0.05, 0.1) is 13.3 Å². The number of nitrogens with one attached hydrogen (secondary N) is 3. The number of nitrogens with zero attached hydrogens (tertiary/aromatic N) is 1. The molecule has 3 N–H and O–H groups in total. The summed E-state index contributed by atoms with van der Waals surface area (Å²) in [6.07, 6.45) is 2.04. The van der Waals surface area contributed by atoms with Gasteiger partial charge in [-0.2, -0.15) is 5.10 Å². The van der Waals surface area contributed by atoms with E-state index in [1.807, 2.05) is 19.1 Å². The second kappa shape index (κ2) is 12.7. The molecular formula is C26H25FN4O5. The van der Waals surface area contributed by atoms with Crippen LogP contribution in [0, 0.1) is 5.82 Å². The van der Waals surface area contributed by atoms with E-state index < -0.39 is 23.5 Å². The third kappa shape index (κ3) is 7.39. The number of rotatable bonds is 9. The van der Waals surface area contributed by atoms with Crippen LogP contribution in [0.1, 0.15) is 18.1 Å². The van der Waals surface area contributed by atoms with Gasteiger partial charge in [0, 0.05) is 11.4 Å². The average Bonchev–Trinajstić information content (AvgIpc) is 2.89. The van der Waals surface area contributed by atoms with Crippen LogP contribution in [0.25, 0.3) is 0 Å². The Labute approximate surface area is 207 Å². The summed E-state index contributed by atoms with van der Waals surface area (Å²) in [6, 6.07) is 17.3. The van der Waals surface area contributed by atoms with Crippen LogP contribution in [0.3, 0.4) is 0 Å². The number of ether oxygens (including phenoxy) is 2. The number of methoxy groups -OCH3 is 1. The molecular weight excluding hydrogens is 467 g/mol. The van der Waals surface area contributed by atoms with E-state index in [9.17, 15) is 18.8 Å². The van der Waals surface area contributed by atoms with E-state index in [0.29, 0.717) is 34.9 Å². The molecule has 0 aromatic heterocycles.